The molecule has 15 nitrogen and oxygen atoms in total. The van der Waals surface area contributed by atoms with Crippen LogP contribution in [0.25, 0.3) is 22.0 Å². The quantitative estimate of drug-likeness (QED) is 0.170. The number of ketones is 1. The Kier molecular flexibility index (Phi) is 9.32. The summed E-state index contributed by atoms with van der Waals surface area (Å²) in [6, 6.07) is 7.46. The van der Waals surface area contributed by atoms with E-state index in [2.05, 4.69) is 20.3 Å². The number of ether oxygens (including phenoxy) is 1. The second-order valence-corrected chi connectivity index (χ2v) is 12.9. The van der Waals surface area contributed by atoms with E-state index >= 15 is 0 Å². The molecule has 6 rings (SSSR count). The Morgan fingerprint density at radius 2 is 1.83 bits per heavy atom. The molecular formula is C31H35N8O7P. The monoisotopic (exact) mass is 662 g/mol. The van der Waals surface area contributed by atoms with Crippen LogP contribution in [0.15, 0.2) is 61.4 Å². The summed E-state index contributed by atoms with van der Waals surface area (Å²) in [5.41, 5.74) is 2.00. The van der Waals surface area contributed by atoms with Gasteiger partial charge >= 0.3 is 13.6 Å². The van der Waals surface area contributed by atoms with E-state index in [0.717, 1.165) is 0 Å². The maximum Gasteiger partial charge on any atom is 0.367 e. The number of anilines is 1. The molecule has 246 valence electrons. The lowest BCUT2D eigenvalue weighted by Gasteiger charge is -2.41. The predicted molar refractivity (Wildman–Crippen MR) is 172 cm³/mol. The van der Waals surface area contributed by atoms with Gasteiger partial charge in [-0.1, -0.05) is 6.07 Å². The van der Waals surface area contributed by atoms with Crippen molar-refractivity contribution in [2.24, 2.45) is 0 Å². The minimum atomic E-state index is -3.60. The summed E-state index contributed by atoms with van der Waals surface area (Å²) < 4.78 is 31.9. The zero-order valence-electron chi connectivity index (χ0n) is 26.2. The number of carbonyl (C=O) groups excluding carboxylic acids is 3. The van der Waals surface area contributed by atoms with Crippen LogP contribution in [0.3, 0.4) is 0 Å². The van der Waals surface area contributed by atoms with E-state index in [1.165, 1.54) is 23.3 Å². The summed E-state index contributed by atoms with van der Waals surface area (Å²) in [5, 5.41) is 8.19. The number of hydrogen-bond donors (Lipinski definition) is 1. The van der Waals surface area contributed by atoms with Gasteiger partial charge in [-0.05, 0) is 45.4 Å². The van der Waals surface area contributed by atoms with Gasteiger partial charge in [0.15, 0.2) is 12.1 Å². The summed E-state index contributed by atoms with van der Waals surface area (Å²) in [6.45, 7) is 6.49. The topological polar surface area (TPSA) is 161 Å². The van der Waals surface area contributed by atoms with Gasteiger partial charge < -0.3 is 19.1 Å². The average molecular weight is 663 g/mol. The summed E-state index contributed by atoms with van der Waals surface area (Å²) >= 11 is 0. The van der Waals surface area contributed by atoms with Crippen molar-refractivity contribution in [2.45, 2.75) is 33.2 Å². The number of nitrogens with one attached hydrogen (secondary N) is 1. The Morgan fingerprint density at radius 3 is 2.51 bits per heavy atom. The molecule has 0 spiro atoms. The van der Waals surface area contributed by atoms with E-state index in [9.17, 15) is 18.9 Å². The number of pyridine rings is 1. The van der Waals surface area contributed by atoms with E-state index in [1.807, 2.05) is 5.01 Å². The maximum absolute atomic E-state index is 14.2. The van der Waals surface area contributed by atoms with Crippen LogP contribution < -0.4 is 15.1 Å². The molecule has 0 unspecified atom stereocenters. The van der Waals surface area contributed by atoms with Crippen LogP contribution in [0.5, 0.6) is 5.75 Å². The van der Waals surface area contributed by atoms with Gasteiger partial charge in [-0.2, -0.15) is 0 Å². The Labute approximate surface area is 270 Å². The first-order valence-electron chi connectivity index (χ1n) is 15.3. The van der Waals surface area contributed by atoms with Crippen molar-refractivity contribution in [3.05, 3.63) is 67.0 Å². The zero-order valence-corrected chi connectivity index (χ0v) is 27.1. The van der Waals surface area contributed by atoms with E-state index in [-0.39, 0.29) is 31.3 Å². The van der Waals surface area contributed by atoms with Crippen LogP contribution in [-0.4, -0.2) is 92.6 Å². The second-order valence-electron chi connectivity index (χ2n) is 10.9. The van der Waals surface area contributed by atoms with E-state index in [1.54, 1.807) is 73.6 Å². The molecule has 3 aromatic heterocycles. The zero-order chi connectivity index (χ0) is 33.1. The minimum Gasteiger partial charge on any atom is -0.480 e. The van der Waals surface area contributed by atoms with Gasteiger partial charge in [-0.25, -0.2) is 34.8 Å². The molecule has 1 atom stereocenters. The van der Waals surface area contributed by atoms with E-state index in [4.69, 9.17) is 13.8 Å². The lowest BCUT2D eigenvalue weighted by atomic mass is 10.0. The highest BCUT2D eigenvalue weighted by atomic mass is 31.2. The van der Waals surface area contributed by atoms with Gasteiger partial charge in [0, 0.05) is 66.0 Å². The molecule has 16 heteroatoms. The third-order valence-electron chi connectivity index (χ3n) is 7.89. The summed E-state index contributed by atoms with van der Waals surface area (Å²) in [7, 11) is -3.60. The second kappa shape index (κ2) is 13.6. The molecule has 5 heterocycles. The SMILES string of the molecule is CCOP(=O)(COc1cc2c(cc1-c1cncnc1)c(C(C)=O)cn2N1CCN2CC[C@@H](C(=O)Nc3ccccn3)N2C1=O)OCC. The number of fused-ring (bicyclic) bond motifs is 2. The molecule has 1 aromatic carbocycles. The molecule has 0 radical (unpaired) electrons. The molecule has 0 aliphatic carbocycles. The van der Waals surface area contributed by atoms with Crippen LogP contribution in [-0.2, 0) is 18.4 Å². The van der Waals surface area contributed by atoms with E-state index in [0.29, 0.717) is 65.2 Å². The first kappa shape index (κ1) is 32.3. The number of rotatable bonds is 12. The van der Waals surface area contributed by atoms with Crippen molar-refractivity contribution < 1.29 is 32.7 Å². The van der Waals surface area contributed by atoms with Crippen molar-refractivity contribution >= 4 is 42.0 Å². The lowest BCUT2D eigenvalue weighted by molar-refractivity contribution is -0.122. The largest absolute Gasteiger partial charge is 0.480 e. The molecule has 47 heavy (non-hydrogen) atoms. The Balaban J connectivity index is 1.39. The van der Waals surface area contributed by atoms with Gasteiger partial charge in [-0.3, -0.25) is 18.8 Å². The fourth-order valence-corrected chi connectivity index (χ4v) is 7.15. The van der Waals surface area contributed by atoms with Gasteiger partial charge in [0.25, 0.3) is 0 Å². The Hall–Kier alpha value is -4.69. The molecule has 2 aliphatic heterocycles. The summed E-state index contributed by atoms with van der Waals surface area (Å²) in [5.74, 6) is 0.128. The highest BCUT2D eigenvalue weighted by Crippen LogP contribution is 2.49. The van der Waals surface area contributed by atoms with Crippen molar-refractivity contribution in [1.29, 1.82) is 0 Å². The standard InChI is InChI=1S/C31H35N8O7P/c1-4-45-47(43,46-5-2)20-44-28-15-27-24(14-23(28)22-16-32-19-33-17-22)25(21(3)40)18-38(27)37-13-12-36-11-9-26(39(36)31(37)42)30(41)35-29-8-6-7-10-34-29/h6-8,10,14-19,26H,4-5,9,11-13,20H2,1-3H3,(H,34,35,41)/t26-/m0/s1. The number of Topliss-reactive ketones (excluding diaryl/α,β-unsaturated/α-hetero) is 1. The Morgan fingerprint density at radius 1 is 1.06 bits per heavy atom. The van der Waals surface area contributed by atoms with Crippen LogP contribution >= 0.6 is 7.60 Å². The van der Waals surface area contributed by atoms with Crippen molar-refractivity contribution in [3.63, 3.8) is 0 Å². The first-order chi connectivity index (χ1) is 22.7. The average Bonchev–Trinajstić information content (AvgIpc) is 3.67. The summed E-state index contributed by atoms with van der Waals surface area (Å²) in [6.07, 6.45) is 7.86. The van der Waals surface area contributed by atoms with Gasteiger partial charge in [0.2, 0.25) is 5.91 Å². The summed E-state index contributed by atoms with van der Waals surface area (Å²) in [4.78, 5) is 52.9. The molecule has 0 bridgehead atoms. The fourth-order valence-electron chi connectivity index (χ4n) is 5.84. The maximum atomic E-state index is 14.2. The van der Waals surface area contributed by atoms with Crippen molar-refractivity contribution in [2.75, 3.05) is 49.5 Å². The number of benzene rings is 1. The van der Waals surface area contributed by atoms with E-state index < -0.39 is 19.7 Å². The van der Waals surface area contributed by atoms with Crippen LogP contribution in [0, 0.1) is 0 Å². The predicted octanol–water partition coefficient (Wildman–Crippen LogP) is 4.30. The highest BCUT2D eigenvalue weighted by molar-refractivity contribution is 7.53. The van der Waals surface area contributed by atoms with Crippen LogP contribution in [0.2, 0.25) is 0 Å². The molecule has 2 fully saturated rings. The molecular weight excluding hydrogens is 627 g/mol. The van der Waals surface area contributed by atoms with Crippen LogP contribution in [0.1, 0.15) is 37.6 Å². The molecule has 2 saturated heterocycles. The lowest BCUT2D eigenvalue weighted by Crippen LogP contribution is -2.63. The smallest absolute Gasteiger partial charge is 0.367 e. The minimum absolute atomic E-state index is 0.162. The third kappa shape index (κ3) is 6.47. The molecule has 4 aromatic rings. The number of amides is 3. The molecule has 2 aliphatic rings. The van der Waals surface area contributed by atoms with Crippen molar-refractivity contribution in [1.82, 2.24) is 29.6 Å². The molecule has 1 N–H and O–H groups in total. The fraction of sp³-hybridized carbons (Fsp3) is 0.355. The molecule has 3 amide bonds. The molecule has 0 saturated carbocycles. The third-order valence-corrected chi connectivity index (χ3v) is 9.64. The number of urea groups is 1. The van der Waals surface area contributed by atoms with Gasteiger partial charge in [-0.15, -0.1) is 0 Å². The highest BCUT2D eigenvalue weighted by Gasteiger charge is 2.45. The normalized spacial score (nSPS) is 16.8. The Bertz CT molecular complexity index is 1830. The number of hydrazine groups is 1. The number of aromatic nitrogens is 4. The number of hydrogen-bond acceptors (Lipinski definition) is 11. The van der Waals surface area contributed by atoms with Gasteiger partial charge in [0.1, 0.15) is 23.9 Å². The number of carbonyl (C=O) groups is 3. The van der Waals surface area contributed by atoms with Gasteiger partial charge in [0.05, 0.1) is 25.3 Å². The first-order valence-corrected chi connectivity index (χ1v) is 17.0. The van der Waals surface area contributed by atoms with Crippen molar-refractivity contribution in [3.8, 4) is 16.9 Å². The van der Waals surface area contributed by atoms with Crippen LogP contribution in [0.4, 0.5) is 10.6 Å². The number of nitrogens with zero attached hydrogens (tertiary/aromatic N) is 7.